The third-order valence-corrected chi connectivity index (χ3v) is 3.68. The van der Waals surface area contributed by atoms with Crippen molar-refractivity contribution in [3.05, 3.63) is 30.2 Å². The van der Waals surface area contributed by atoms with Gasteiger partial charge < -0.3 is 9.47 Å². The van der Waals surface area contributed by atoms with Gasteiger partial charge in [0.2, 0.25) is 0 Å². The SMILES string of the molecule is COc1cc2ncn3ncc(CBr)c3c2cc1OC. The van der Waals surface area contributed by atoms with Crippen molar-refractivity contribution < 1.29 is 9.47 Å². The summed E-state index contributed by atoms with van der Waals surface area (Å²) in [6, 6.07) is 3.81. The number of nitrogens with zero attached hydrogens (tertiary/aromatic N) is 3. The van der Waals surface area contributed by atoms with Crippen LogP contribution in [0.1, 0.15) is 5.56 Å². The monoisotopic (exact) mass is 321 g/mol. The molecule has 3 rings (SSSR count). The second-order valence-corrected chi connectivity index (χ2v) is 4.63. The van der Waals surface area contributed by atoms with E-state index in [1.165, 1.54) is 0 Å². The zero-order chi connectivity index (χ0) is 13.4. The van der Waals surface area contributed by atoms with E-state index in [4.69, 9.17) is 9.47 Å². The Hall–Kier alpha value is -1.82. The molecule has 0 aliphatic carbocycles. The van der Waals surface area contributed by atoms with Crippen molar-refractivity contribution >= 4 is 32.3 Å². The largest absolute Gasteiger partial charge is 0.493 e. The van der Waals surface area contributed by atoms with E-state index in [9.17, 15) is 0 Å². The summed E-state index contributed by atoms with van der Waals surface area (Å²) < 4.78 is 12.4. The molecule has 1 aromatic carbocycles. The summed E-state index contributed by atoms with van der Waals surface area (Å²) in [7, 11) is 3.24. The third-order valence-electron chi connectivity index (χ3n) is 3.08. The van der Waals surface area contributed by atoms with E-state index in [0.29, 0.717) is 11.5 Å². The predicted octanol–water partition coefficient (Wildman–Crippen LogP) is 2.79. The van der Waals surface area contributed by atoms with Crippen LogP contribution in [-0.2, 0) is 5.33 Å². The van der Waals surface area contributed by atoms with Gasteiger partial charge >= 0.3 is 0 Å². The highest BCUT2D eigenvalue weighted by molar-refractivity contribution is 9.08. The number of rotatable bonds is 3. The minimum Gasteiger partial charge on any atom is -0.493 e. The predicted molar refractivity (Wildman–Crippen MR) is 76.2 cm³/mol. The standard InChI is InChI=1S/C13H12BrN3O2/c1-18-11-3-9-10(4-12(11)19-2)15-7-17-13(9)8(5-14)6-16-17/h3-4,6-7H,5H2,1-2H3. The van der Waals surface area contributed by atoms with E-state index in [1.807, 2.05) is 18.3 Å². The van der Waals surface area contributed by atoms with Gasteiger partial charge in [-0.05, 0) is 6.07 Å². The molecular weight excluding hydrogens is 310 g/mol. The van der Waals surface area contributed by atoms with Crippen molar-refractivity contribution in [2.75, 3.05) is 14.2 Å². The Morgan fingerprint density at radius 3 is 2.63 bits per heavy atom. The molecule has 6 heteroatoms. The summed E-state index contributed by atoms with van der Waals surface area (Å²) in [5, 5.41) is 6.02. The van der Waals surface area contributed by atoms with Crippen molar-refractivity contribution in [1.29, 1.82) is 0 Å². The first kappa shape index (κ1) is 12.2. The van der Waals surface area contributed by atoms with E-state index >= 15 is 0 Å². The number of aromatic nitrogens is 3. The summed E-state index contributed by atoms with van der Waals surface area (Å²) in [6.45, 7) is 0. The van der Waals surface area contributed by atoms with Crippen LogP contribution in [0.25, 0.3) is 16.4 Å². The van der Waals surface area contributed by atoms with Gasteiger partial charge in [0.1, 0.15) is 6.33 Å². The van der Waals surface area contributed by atoms with Gasteiger partial charge in [0, 0.05) is 22.3 Å². The van der Waals surface area contributed by atoms with Crippen molar-refractivity contribution in [3.8, 4) is 11.5 Å². The van der Waals surface area contributed by atoms with Gasteiger partial charge in [-0.1, -0.05) is 15.9 Å². The molecule has 0 atom stereocenters. The first-order chi connectivity index (χ1) is 9.28. The maximum atomic E-state index is 5.35. The van der Waals surface area contributed by atoms with Crippen LogP contribution < -0.4 is 9.47 Å². The van der Waals surface area contributed by atoms with Crippen LogP contribution in [0.3, 0.4) is 0 Å². The van der Waals surface area contributed by atoms with Crippen molar-refractivity contribution in [2.24, 2.45) is 0 Å². The quantitative estimate of drug-likeness (QED) is 0.696. The maximum absolute atomic E-state index is 5.35. The molecule has 0 N–H and O–H groups in total. The second kappa shape index (κ2) is 4.70. The second-order valence-electron chi connectivity index (χ2n) is 4.07. The first-order valence-electron chi connectivity index (χ1n) is 5.71. The van der Waals surface area contributed by atoms with E-state index in [0.717, 1.165) is 27.3 Å². The molecule has 2 heterocycles. The lowest BCUT2D eigenvalue weighted by atomic mass is 10.1. The molecule has 0 saturated heterocycles. The Balaban J connectivity index is 2.43. The lowest BCUT2D eigenvalue weighted by molar-refractivity contribution is 0.356. The van der Waals surface area contributed by atoms with Gasteiger partial charge in [-0.15, -0.1) is 0 Å². The summed E-state index contributed by atoms with van der Waals surface area (Å²) in [5.41, 5.74) is 3.00. The highest BCUT2D eigenvalue weighted by atomic mass is 79.9. The summed E-state index contributed by atoms with van der Waals surface area (Å²) in [6.07, 6.45) is 3.54. The van der Waals surface area contributed by atoms with Crippen LogP contribution in [0.4, 0.5) is 0 Å². The lowest BCUT2D eigenvalue weighted by Gasteiger charge is -2.09. The normalized spacial score (nSPS) is 11.1. The summed E-state index contributed by atoms with van der Waals surface area (Å²) >= 11 is 3.48. The van der Waals surface area contributed by atoms with Gasteiger partial charge in [-0.3, -0.25) is 0 Å². The Labute approximate surface area is 118 Å². The van der Waals surface area contributed by atoms with E-state index < -0.39 is 0 Å². The van der Waals surface area contributed by atoms with Gasteiger partial charge in [0.15, 0.2) is 11.5 Å². The molecule has 3 aromatic rings. The van der Waals surface area contributed by atoms with Crippen LogP contribution in [0.2, 0.25) is 0 Å². The van der Waals surface area contributed by atoms with Crippen LogP contribution in [-0.4, -0.2) is 28.8 Å². The number of hydrogen-bond donors (Lipinski definition) is 0. The van der Waals surface area contributed by atoms with Crippen molar-refractivity contribution in [3.63, 3.8) is 0 Å². The third kappa shape index (κ3) is 1.83. The van der Waals surface area contributed by atoms with Crippen LogP contribution in [0.5, 0.6) is 11.5 Å². The molecule has 0 fully saturated rings. The van der Waals surface area contributed by atoms with Gasteiger partial charge in [-0.2, -0.15) is 5.10 Å². The highest BCUT2D eigenvalue weighted by Gasteiger charge is 2.12. The minimum atomic E-state index is 0.673. The average Bonchev–Trinajstić information content (AvgIpc) is 2.89. The number of fused-ring (bicyclic) bond motifs is 3. The van der Waals surface area contributed by atoms with E-state index in [2.05, 4.69) is 26.0 Å². The molecule has 0 spiro atoms. The Morgan fingerprint density at radius 2 is 1.95 bits per heavy atom. The zero-order valence-electron chi connectivity index (χ0n) is 10.6. The number of alkyl halides is 1. The Kier molecular flexibility index (Phi) is 3.02. The molecule has 2 aromatic heterocycles. The molecule has 0 amide bonds. The molecule has 5 nitrogen and oxygen atoms in total. The number of ether oxygens (including phenoxy) is 2. The molecule has 98 valence electrons. The fraction of sp³-hybridized carbons (Fsp3) is 0.231. The van der Waals surface area contributed by atoms with Crippen LogP contribution >= 0.6 is 15.9 Å². The number of benzene rings is 1. The van der Waals surface area contributed by atoms with Gasteiger partial charge in [0.05, 0.1) is 31.4 Å². The van der Waals surface area contributed by atoms with Crippen molar-refractivity contribution in [1.82, 2.24) is 14.6 Å². The molecule has 0 aliphatic rings. The highest BCUT2D eigenvalue weighted by Crippen LogP contribution is 2.34. The first-order valence-corrected chi connectivity index (χ1v) is 6.83. The molecule has 0 saturated carbocycles. The molecule has 0 radical (unpaired) electrons. The van der Waals surface area contributed by atoms with Crippen LogP contribution in [0, 0.1) is 0 Å². The van der Waals surface area contributed by atoms with E-state index in [-0.39, 0.29) is 0 Å². The van der Waals surface area contributed by atoms with E-state index in [1.54, 1.807) is 25.1 Å². The fourth-order valence-corrected chi connectivity index (χ4v) is 2.57. The molecule has 19 heavy (non-hydrogen) atoms. The molecule has 0 bridgehead atoms. The number of hydrogen-bond acceptors (Lipinski definition) is 4. The van der Waals surface area contributed by atoms with Crippen LogP contribution in [0.15, 0.2) is 24.7 Å². The van der Waals surface area contributed by atoms with Crippen molar-refractivity contribution in [2.45, 2.75) is 5.33 Å². The smallest absolute Gasteiger partial charge is 0.162 e. The average molecular weight is 322 g/mol. The lowest BCUT2D eigenvalue weighted by Crippen LogP contribution is -1.95. The Bertz CT molecular complexity index is 754. The molecular formula is C13H12BrN3O2. The van der Waals surface area contributed by atoms with Gasteiger partial charge in [0.25, 0.3) is 0 Å². The molecule has 0 aliphatic heterocycles. The Morgan fingerprint density at radius 1 is 1.21 bits per heavy atom. The minimum absolute atomic E-state index is 0.673. The number of halogens is 1. The summed E-state index contributed by atoms with van der Waals surface area (Å²) in [5.74, 6) is 1.36. The van der Waals surface area contributed by atoms with Gasteiger partial charge in [-0.25, -0.2) is 9.50 Å². The topological polar surface area (TPSA) is 48.7 Å². The zero-order valence-corrected chi connectivity index (χ0v) is 12.1. The number of methoxy groups -OCH3 is 2. The fourth-order valence-electron chi connectivity index (χ4n) is 2.16. The molecule has 0 unspecified atom stereocenters. The summed E-state index contributed by atoms with van der Waals surface area (Å²) in [4.78, 5) is 4.39. The maximum Gasteiger partial charge on any atom is 0.162 e.